The first-order valence-corrected chi connectivity index (χ1v) is 4.54. The van der Waals surface area contributed by atoms with E-state index in [2.05, 4.69) is 11.9 Å². The fourth-order valence-corrected chi connectivity index (χ4v) is 1.22. The number of rotatable bonds is 1. The Bertz CT molecular complexity index is 77.6. The molecule has 0 saturated carbocycles. The standard InChI is InChI=1S/C7H15NO.C2H6/c1-8-5-3-7(9-2)4-6-8;1-2/h7H,3-6H2,1-2H3;1-2H3. The predicted octanol–water partition coefficient (Wildman–Crippen LogP) is 1.75. The molecule has 0 radical (unpaired) electrons. The van der Waals surface area contributed by atoms with Crippen LogP contribution in [0.1, 0.15) is 26.7 Å². The van der Waals surface area contributed by atoms with Crippen molar-refractivity contribution in [2.75, 3.05) is 27.2 Å². The van der Waals surface area contributed by atoms with Crippen molar-refractivity contribution in [1.82, 2.24) is 4.90 Å². The highest BCUT2D eigenvalue weighted by Crippen LogP contribution is 2.10. The lowest BCUT2D eigenvalue weighted by molar-refractivity contribution is 0.0484. The van der Waals surface area contributed by atoms with Gasteiger partial charge in [-0.3, -0.25) is 0 Å². The average Bonchev–Trinajstić information content (AvgIpc) is 2.10. The SMILES string of the molecule is CC.COC1CCN(C)CC1. The second kappa shape index (κ2) is 6.62. The molecule has 1 rings (SSSR count). The van der Waals surface area contributed by atoms with Crippen LogP contribution in [0.2, 0.25) is 0 Å². The molecule has 0 aromatic carbocycles. The summed E-state index contributed by atoms with van der Waals surface area (Å²) in [6, 6.07) is 0. The molecular weight excluding hydrogens is 138 g/mol. The van der Waals surface area contributed by atoms with E-state index in [1.165, 1.54) is 25.9 Å². The minimum atomic E-state index is 0.529. The van der Waals surface area contributed by atoms with E-state index in [4.69, 9.17) is 4.74 Å². The van der Waals surface area contributed by atoms with Crippen LogP contribution in [-0.4, -0.2) is 38.3 Å². The molecule has 0 aromatic heterocycles. The maximum atomic E-state index is 5.21. The van der Waals surface area contributed by atoms with Crippen molar-refractivity contribution in [2.45, 2.75) is 32.8 Å². The topological polar surface area (TPSA) is 12.5 Å². The first kappa shape index (κ1) is 10.9. The molecule has 1 heterocycles. The van der Waals surface area contributed by atoms with Crippen LogP contribution in [0.25, 0.3) is 0 Å². The normalized spacial score (nSPS) is 20.7. The molecule has 1 fully saturated rings. The molecule has 0 aliphatic carbocycles. The first-order chi connectivity index (χ1) is 5.33. The van der Waals surface area contributed by atoms with Gasteiger partial charge >= 0.3 is 0 Å². The molecule has 2 nitrogen and oxygen atoms in total. The Kier molecular flexibility index (Phi) is 6.57. The molecule has 0 N–H and O–H groups in total. The second-order valence-electron chi connectivity index (χ2n) is 2.74. The van der Waals surface area contributed by atoms with E-state index in [0.29, 0.717) is 6.10 Å². The number of piperidine rings is 1. The Hall–Kier alpha value is -0.0800. The average molecular weight is 159 g/mol. The number of methoxy groups -OCH3 is 1. The van der Waals surface area contributed by atoms with Crippen LogP contribution < -0.4 is 0 Å². The molecule has 0 atom stereocenters. The molecule has 0 aromatic rings. The summed E-state index contributed by atoms with van der Waals surface area (Å²) >= 11 is 0. The molecule has 68 valence electrons. The molecule has 0 bridgehead atoms. The second-order valence-corrected chi connectivity index (χ2v) is 2.74. The molecule has 1 aliphatic heterocycles. The van der Waals surface area contributed by atoms with Crippen LogP contribution in [0.4, 0.5) is 0 Å². The van der Waals surface area contributed by atoms with E-state index in [1.807, 2.05) is 13.8 Å². The zero-order valence-corrected chi connectivity index (χ0v) is 8.26. The van der Waals surface area contributed by atoms with Gasteiger partial charge in [-0.05, 0) is 19.9 Å². The Balaban J connectivity index is 0.000000461. The van der Waals surface area contributed by atoms with Crippen LogP contribution in [0.3, 0.4) is 0 Å². The van der Waals surface area contributed by atoms with Gasteiger partial charge in [0.25, 0.3) is 0 Å². The number of hydrogen-bond donors (Lipinski definition) is 0. The summed E-state index contributed by atoms with van der Waals surface area (Å²) in [4.78, 5) is 2.34. The highest BCUT2D eigenvalue weighted by atomic mass is 16.5. The Morgan fingerprint density at radius 2 is 1.64 bits per heavy atom. The van der Waals surface area contributed by atoms with Gasteiger partial charge in [0.05, 0.1) is 6.10 Å². The largest absolute Gasteiger partial charge is 0.381 e. The van der Waals surface area contributed by atoms with Gasteiger partial charge in [0.15, 0.2) is 0 Å². The van der Waals surface area contributed by atoms with Gasteiger partial charge in [0.1, 0.15) is 0 Å². The molecule has 0 spiro atoms. The Morgan fingerprint density at radius 3 is 2.00 bits per heavy atom. The van der Waals surface area contributed by atoms with Crippen molar-refractivity contribution >= 4 is 0 Å². The molecule has 1 aliphatic rings. The zero-order valence-electron chi connectivity index (χ0n) is 8.26. The van der Waals surface area contributed by atoms with Crippen LogP contribution in [0.15, 0.2) is 0 Å². The van der Waals surface area contributed by atoms with Gasteiger partial charge in [0, 0.05) is 20.2 Å². The van der Waals surface area contributed by atoms with Crippen LogP contribution in [-0.2, 0) is 4.74 Å². The van der Waals surface area contributed by atoms with Crippen molar-refractivity contribution in [3.8, 4) is 0 Å². The molecular formula is C9H21NO. The van der Waals surface area contributed by atoms with E-state index in [-0.39, 0.29) is 0 Å². The third kappa shape index (κ3) is 4.38. The fourth-order valence-electron chi connectivity index (χ4n) is 1.22. The summed E-state index contributed by atoms with van der Waals surface area (Å²) in [5, 5.41) is 0. The van der Waals surface area contributed by atoms with E-state index >= 15 is 0 Å². The summed E-state index contributed by atoms with van der Waals surface area (Å²) in [7, 11) is 3.96. The Morgan fingerprint density at radius 1 is 1.18 bits per heavy atom. The number of hydrogen-bond acceptors (Lipinski definition) is 2. The van der Waals surface area contributed by atoms with Gasteiger partial charge in [-0.25, -0.2) is 0 Å². The molecule has 2 heteroatoms. The quantitative estimate of drug-likeness (QED) is 0.578. The maximum absolute atomic E-state index is 5.21. The molecule has 0 unspecified atom stereocenters. The van der Waals surface area contributed by atoms with Crippen molar-refractivity contribution < 1.29 is 4.74 Å². The summed E-state index contributed by atoms with van der Waals surface area (Å²) in [6.07, 6.45) is 2.93. The highest BCUT2D eigenvalue weighted by Gasteiger charge is 2.14. The van der Waals surface area contributed by atoms with Gasteiger partial charge < -0.3 is 9.64 Å². The lowest BCUT2D eigenvalue weighted by Gasteiger charge is -2.27. The van der Waals surface area contributed by atoms with Crippen LogP contribution in [0, 0.1) is 0 Å². The third-order valence-corrected chi connectivity index (χ3v) is 2.00. The Labute approximate surface area is 70.5 Å². The van der Waals surface area contributed by atoms with Crippen LogP contribution in [0.5, 0.6) is 0 Å². The van der Waals surface area contributed by atoms with Gasteiger partial charge in [-0.2, -0.15) is 0 Å². The van der Waals surface area contributed by atoms with E-state index in [9.17, 15) is 0 Å². The zero-order chi connectivity index (χ0) is 8.69. The molecule has 0 amide bonds. The number of nitrogens with zero attached hydrogens (tertiary/aromatic N) is 1. The van der Waals surface area contributed by atoms with Crippen molar-refractivity contribution in [3.05, 3.63) is 0 Å². The lowest BCUT2D eigenvalue weighted by Crippen LogP contribution is -2.33. The smallest absolute Gasteiger partial charge is 0.0595 e. The maximum Gasteiger partial charge on any atom is 0.0595 e. The summed E-state index contributed by atoms with van der Waals surface area (Å²) < 4.78 is 5.21. The number of ether oxygens (including phenoxy) is 1. The van der Waals surface area contributed by atoms with E-state index < -0.39 is 0 Å². The molecule has 1 saturated heterocycles. The summed E-state index contributed by atoms with van der Waals surface area (Å²) in [6.45, 7) is 6.39. The predicted molar refractivity (Wildman–Crippen MR) is 48.9 cm³/mol. The minimum Gasteiger partial charge on any atom is -0.381 e. The van der Waals surface area contributed by atoms with E-state index in [1.54, 1.807) is 7.11 Å². The lowest BCUT2D eigenvalue weighted by atomic mass is 10.1. The monoisotopic (exact) mass is 159 g/mol. The number of likely N-dealkylation sites (tertiary alicyclic amines) is 1. The van der Waals surface area contributed by atoms with Crippen molar-refractivity contribution in [3.63, 3.8) is 0 Å². The van der Waals surface area contributed by atoms with Crippen LogP contribution >= 0.6 is 0 Å². The third-order valence-electron chi connectivity index (χ3n) is 2.00. The van der Waals surface area contributed by atoms with Crippen molar-refractivity contribution in [1.29, 1.82) is 0 Å². The van der Waals surface area contributed by atoms with Crippen molar-refractivity contribution in [2.24, 2.45) is 0 Å². The van der Waals surface area contributed by atoms with Gasteiger partial charge in [-0.1, -0.05) is 13.8 Å². The van der Waals surface area contributed by atoms with E-state index in [0.717, 1.165) is 0 Å². The minimum absolute atomic E-state index is 0.529. The molecule has 11 heavy (non-hydrogen) atoms. The summed E-state index contributed by atoms with van der Waals surface area (Å²) in [5.74, 6) is 0. The highest BCUT2D eigenvalue weighted by molar-refractivity contribution is 4.68. The van der Waals surface area contributed by atoms with Gasteiger partial charge in [-0.15, -0.1) is 0 Å². The first-order valence-electron chi connectivity index (χ1n) is 4.54. The van der Waals surface area contributed by atoms with Gasteiger partial charge in [0.2, 0.25) is 0 Å². The fraction of sp³-hybridized carbons (Fsp3) is 1.00. The summed E-state index contributed by atoms with van der Waals surface area (Å²) in [5.41, 5.74) is 0.